The summed E-state index contributed by atoms with van der Waals surface area (Å²) in [5.41, 5.74) is 1.01. The van der Waals surface area contributed by atoms with Crippen molar-refractivity contribution < 1.29 is 9.72 Å². The third-order valence-electron chi connectivity index (χ3n) is 3.20. The molecule has 0 spiro atoms. The van der Waals surface area contributed by atoms with E-state index >= 15 is 0 Å². The number of benzene rings is 1. The quantitative estimate of drug-likeness (QED) is 0.494. The molecule has 3 rings (SSSR count). The molecular formula is C15H11N3O3S. The second-order valence-corrected chi connectivity index (χ2v) is 5.60. The van der Waals surface area contributed by atoms with Crippen LogP contribution in [0.3, 0.4) is 0 Å². The van der Waals surface area contributed by atoms with E-state index in [0.29, 0.717) is 11.3 Å². The highest BCUT2D eigenvalue weighted by molar-refractivity contribution is 7.10. The number of rotatable bonds is 3. The lowest BCUT2D eigenvalue weighted by molar-refractivity contribution is -0.384. The summed E-state index contributed by atoms with van der Waals surface area (Å²) in [6.45, 7) is 1.71. The van der Waals surface area contributed by atoms with E-state index < -0.39 is 4.92 Å². The highest BCUT2D eigenvalue weighted by Gasteiger charge is 2.32. The molecule has 0 saturated heterocycles. The van der Waals surface area contributed by atoms with E-state index in [1.807, 2.05) is 17.5 Å². The Morgan fingerprint density at radius 2 is 2.05 bits per heavy atom. The van der Waals surface area contributed by atoms with Crippen molar-refractivity contribution in [2.75, 3.05) is 5.01 Å². The molecule has 0 atom stereocenters. The average Bonchev–Trinajstić information content (AvgIpc) is 3.11. The van der Waals surface area contributed by atoms with Gasteiger partial charge in [-0.2, -0.15) is 10.1 Å². The minimum absolute atomic E-state index is 0.148. The van der Waals surface area contributed by atoms with Crippen LogP contribution in [0.25, 0.3) is 6.08 Å². The van der Waals surface area contributed by atoms with E-state index in [1.54, 1.807) is 25.1 Å². The molecule has 6 nitrogen and oxygen atoms in total. The van der Waals surface area contributed by atoms with Crippen molar-refractivity contribution in [2.24, 2.45) is 5.10 Å². The molecular weight excluding hydrogens is 302 g/mol. The van der Waals surface area contributed by atoms with Crippen LogP contribution in [0.15, 0.2) is 52.5 Å². The zero-order valence-electron chi connectivity index (χ0n) is 11.6. The fourth-order valence-corrected chi connectivity index (χ4v) is 2.82. The zero-order chi connectivity index (χ0) is 15.7. The van der Waals surface area contributed by atoms with Crippen molar-refractivity contribution in [1.82, 2.24) is 0 Å². The van der Waals surface area contributed by atoms with E-state index in [0.717, 1.165) is 9.89 Å². The molecule has 1 aromatic carbocycles. The predicted molar refractivity (Wildman–Crippen MR) is 86.0 cm³/mol. The molecule has 0 aliphatic carbocycles. The molecule has 0 unspecified atom stereocenters. The molecule has 22 heavy (non-hydrogen) atoms. The van der Waals surface area contributed by atoms with E-state index in [1.165, 1.54) is 23.5 Å². The first kappa shape index (κ1) is 14.2. The third kappa shape index (κ3) is 2.42. The van der Waals surface area contributed by atoms with Gasteiger partial charge in [-0.3, -0.25) is 14.9 Å². The Morgan fingerprint density at radius 3 is 2.73 bits per heavy atom. The number of hydrogen-bond acceptors (Lipinski definition) is 5. The van der Waals surface area contributed by atoms with Crippen LogP contribution in [0.5, 0.6) is 0 Å². The third-order valence-corrected chi connectivity index (χ3v) is 4.02. The number of amides is 1. The van der Waals surface area contributed by atoms with E-state index in [-0.39, 0.29) is 17.3 Å². The fourth-order valence-electron chi connectivity index (χ4n) is 2.16. The summed E-state index contributed by atoms with van der Waals surface area (Å²) in [5, 5.41) is 18.3. The predicted octanol–water partition coefficient (Wildman–Crippen LogP) is 3.46. The lowest BCUT2D eigenvalue weighted by Crippen LogP contribution is -2.22. The minimum atomic E-state index is -0.519. The second-order valence-electron chi connectivity index (χ2n) is 4.62. The molecule has 0 N–H and O–H groups in total. The van der Waals surface area contributed by atoms with Crippen molar-refractivity contribution in [3.63, 3.8) is 0 Å². The van der Waals surface area contributed by atoms with E-state index in [2.05, 4.69) is 5.10 Å². The summed E-state index contributed by atoms with van der Waals surface area (Å²) in [6.07, 6.45) is 1.75. The molecule has 0 radical (unpaired) electrons. The number of thiophene rings is 1. The number of hydrazone groups is 1. The Kier molecular flexibility index (Phi) is 3.56. The summed E-state index contributed by atoms with van der Waals surface area (Å²) in [6, 6.07) is 9.85. The van der Waals surface area contributed by atoms with Crippen LogP contribution in [0, 0.1) is 10.1 Å². The minimum Gasteiger partial charge on any atom is -0.267 e. The molecule has 1 aliphatic heterocycles. The number of anilines is 1. The van der Waals surface area contributed by atoms with Crippen LogP contribution in [0.4, 0.5) is 11.4 Å². The number of carbonyl (C=O) groups excluding carboxylic acids is 1. The number of nitro benzene ring substituents is 1. The monoisotopic (exact) mass is 313 g/mol. The van der Waals surface area contributed by atoms with Gasteiger partial charge in [-0.1, -0.05) is 18.2 Å². The van der Waals surface area contributed by atoms with E-state index in [4.69, 9.17) is 0 Å². The van der Waals surface area contributed by atoms with Gasteiger partial charge in [0, 0.05) is 10.9 Å². The Hall–Kier alpha value is -2.80. The van der Waals surface area contributed by atoms with Gasteiger partial charge >= 0.3 is 0 Å². The maximum atomic E-state index is 12.5. The number of para-hydroxylation sites is 2. The molecule has 2 aromatic rings. The van der Waals surface area contributed by atoms with Gasteiger partial charge in [-0.15, -0.1) is 11.3 Å². The van der Waals surface area contributed by atoms with Crippen molar-refractivity contribution in [1.29, 1.82) is 0 Å². The maximum absolute atomic E-state index is 12.5. The fraction of sp³-hybridized carbons (Fsp3) is 0.0667. The molecule has 7 heteroatoms. The molecule has 110 valence electrons. The summed E-state index contributed by atoms with van der Waals surface area (Å²) in [5.74, 6) is -0.361. The first-order valence-corrected chi connectivity index (χ1v) is 7.34. The Bertz CT molecular complexity index is 809. The molecule has 0 fully saturated rings. The molecule has 1 aromatic heterocycles. The van der Waals surface area contributed by atoms with Crippen LogP contribution in [-0.2, 0) is 4.79 Å². The van der Waals surface area contributed by atoms with Crippen molar-refractivity contribution in [2.45, 2.75) is 6.92 Å². The lowest BCUT2D eigenvalue weighted by atomic mass is 10.1. The first-order valence-electron chi connectivity index (χ1n) is 6.46. The van der Waals surface area contributed by atoms with E-state index in [9.17, 15) is 14.9 Å². The summed E-state index contributed by atoms with van der Waals surface area (Å²) in [4.78, 5) is 24.1. The molecule has 1 aliphatic rings. The van der Waals surface area contributed by atoms with Gasteiger partial charge in [0.2, 0.25) is 0 Å². The smallest absolute Gasteiger partial charge is 0.267 e. The van der Waals surface area contributed by atoms with Crippen LogP contribution in [-0.4, -0.2) is 16.5 Å². The number of hydrogen-bond donors (Lipinski definition) is 0. The van der Waals surface area contributed by atoms with Crippen LogP contribution in [0.1, 0.15) is 11.8 Å². The molecule has 2 heterocycles. The second kappa shape index (κ2) is 5.53. The van der Waals surface area contributed by atoms with Gasteiger partial charge in [0.05, 0.1) is 16.2 Å². The van der Waals surface area contributed by atoms with Crippen LogP contribution >= 0.6 is 11.3 Å². The largest absolute Gasteiger partial charge is 0.295 e. The van der Waals surface area contributed by atoms with Crippen molar-refractivity contribution in [3.05, 3.63) is 62.3 Å². The van der Waals surface area contributed by atoms with Gasteiger partial charge in [-0.05, 0) is 30.5 Å². The lowest BCUT2D eigenvalue weighted by Gasteiger charge is -2.11. The highest BCUT2D eigenvalue weighted by Crippen LogP contribution is 2.32. The first-order chi connectivity index (χ1) is 10.6. The van der Waals surface area contributed by atoms with Crippen LogP contribution < -0.4 is 5.01 Å². The highest BCUT2D eigenvalue weighted by atomic mass is 32.1. The Labute approximate surface area is 130 Å². The summed E-state index contributed by atoms with van der Waals surface area (Å²) in [7, 11) is 0. The zero-order valence-corrected chi connectivity index (χ0v) is 12.4. The maximum Gasteiger partial charge on any atom is 0.295 e. The molecule has 0 saturated carbocycles. The molecule has 0 bridgehead atoms. The van der Waals surface area contributed by atoms with Crippen LogP contribution in [0.2, 0.25) is 0 Å². The SMILES string of the molecule is CC1=NN(c2ccccc2[N+](=O)[O-])C(=O)/C1=C\c1cccs1. The molecule has 1 amide bonds. The van der Waals surface area contributed by atoms with Gasteiger partial charge in [-0.25, -0.2) is 0 Å². The van der Waals surface area contributed by atoms with Gasteiger partial charge in [0.25, 0.3) is 11.6 Å². The van der Waals surface area contributed by atoms with Gasteiger partial charge in [0.1, 0.15) is 5.69 Å². The van der Waals surface area contributed by atoms with Gasteiger partial charge in [0.15, 0.2) is 0 Å². The standard InChI is InChI=1S/C15H11N3O3S/c1-10-12(9-11-5-4-8-22-11)15(19)17(16-10)13-6-2-3-7-14(13)18(20)21/h2-9H,1H3/b12-9-. The Morgan fingerprint density at radius 1 is 1.27 bits per heavy atom. The number of carbonyl (C=O) groups is 1. The van der Waals surface area contributed by atoms with Gasteiger partial charge < -0.3 is 0 Å². The van der Waals surface area contributed by atoms with Crippen molar-refractivity contribution >= 4 is 40.4 Å². The summed E-state index contributed by atoms with van der Waals surface area (Å²) >= 11 is 1.51. The summed E-state index contributed by atoms with van der Waals surface area (Å²) < 4.78 is 0. The normalized spacial score (nSPS) is 16.2. The number of nitrogens with zero attached hydrogens (tertiary/aromatic N) is 3. The van der Waals surface area contributed by atoms with Crippen molar-refractivity contribution in [3.8, 4) is 0 Å². The number of nitro groups is 1. The topological polar surface area (TPSA) is 75.8 Å². The average molecular weight is 313 g/mol. The Balaban J connectivity index is 2.02.